The van der Waals surface area contributed by atoms with E-state index in [4.69, 9.17) is 5.73 Å². The first-order chi connectivity index (χ1) is 13.0. The van der Waals surface area contributed by atoms with Gasteiger partial charge in [-0.15, -0.1) is 29.9 Å². The minimum Gasteiger partial charge on any atom is -0.343 e. The van der Waals surface area contributed by atoms with Crippen LogP contribution in [0.1, 0.15) is 13.3 Å². The second kappa shape index (κ2) is 9.71. The summed E-state index contributed by atoms with van der Waals surface area (Å²) in [5.74, 6) is -0.152. The van der Waals surface area contributed by atoms with Crippen LogP contribution in [0, 0.1) is 5.82 Å². The maximum Gasteiger partial charge on any atom is 0.224 e. The Morgan fingerprint density at radius 3 is 2.45 bits per heavy atom. The van der Waals surface area contributed by atoms with Crippen LogP contribution >= 0.6 is 36.2 Å². The molecule has 1 saturated heterocycles. The van der Waals surface area contributed by atoms with Gasteiger partial charge in [0.1, 0.15) is 5.82 Å². The number of nitrogens with two attached hydrogens (primary N) is 1. The molecule has 1 unspecified atom stereocenters. The van der Waals surface area contributed by atoms with Crippen LogP contribution in [0.3, 0.4) is 0 Å². The Hall–Kier alpha value is -1.94. The molecule has 29 heavy (non-hydrogen) atoms. The number of halogens is 3. The molecule has 0 saturated carbocycles. The van der Waals surface area contributed by atoms with Gasteiger partial charge in [-0.25, -0.2) is 13.9 Å². The molecule has 4 rings (SSSR count). The van der Waals surface area contributed by atoms with Crippen LogP contribution in [0.25, 0.3) is 16.2 Å². The Labute approximate surface area is 184 Å². The molecule has 1 fully saturated rings. The van der Waals surface area contributed by atoms with Crippen LogP contribution in [-0.4, -0.2) is 57.6 Å². The van der Waals surface area contributed by atoms with Gasteiger partial charge in [-0.05, 0) is 31.2 Å². The highest BCUT2D eigenvalue weighted by molar-refractivity contribution is 7.20. The van der Waals surface area contributed by atoms with E-state index in [0.29, 0.717) is 19.5 Å². The van der Waals surface area contributed by atoms with Gasteiger partial charge in [-0.2, -0.15) is 0 Å². The maximum atomic E-state index is 13.1. The predicted octanol–water partition coefficient (Wildman–Crippen LogP) is 2.83. The molecule has 0 radical (unpaired) electrons. The number of amides is 1. The zero-order valence-corrected chi connectivity index (χ0v) is 18.3. The van der Waals surface area contributed by atoms with E-state index in [1.807, 2.05) is 18.0 Å². The number of piperazine rings is 1. The normalized spacial score (nSPS) is 15.0. The van der Waals surface area contributed by atoms with Crippen molar-refractivity contribution in [3.63, 3.8) is 0 Å². The number of carbonyl (C=O) groups excluding carboxylic acids is 1. The van der Waals surface area contributed by atoms with Crippen molar-refractivity contribution in [3.8, 4) is 11.3 Å². The highest BCUT2D eigenvalue weighted by Crippen LogP contribution is 2.27. The molecule has 0 aliphatic carbocycles. The highest BCUT2D eigenvalue weighted by Gasteiger charge is 2.24. The van der Waals surface area contributed by atoms with Crippen molar-refractivity contribution in [1.82, 2.24) is 19.5 Å². The van der Waals surface area contributed by atoms with Gasteiger partial charge >= 0.3 is 0 Å². The summed E-state index contributed by atoms with van der Waals surface area (Å²) in [6, 6.07) is 6.15. The van der Waals surface area contributed by atoms with Crippen LogP contribution in [0.2, 0.25) is 0 Å². The van der Waals surface area contributed by atoms with Crippen molar-refractivity contribution >= 4 is 52.2 Å². The molecular weight excluding hydrogens is 438 g/mol. The lowest BCUT2D eigenvalue weighted by Crippen LogP contribution is -2.49. The van der Waals surface area contributed by atoms with E-state index in [1.165, 1.54) is 23.5 Å². The van der Waals surface area contributed by atoms with E-state index < -0.39 is 0 Å². The highest BCUT2D eigenvalue weighted by atomic mass is 35.5. The third-order valence-corrected chi connectivity index (χ3v) is 5.56. The smallest absolute Gasteiger partial charge is 0.224 e. The van der Waals surface area contributed by atoms with E-state index in [-0.39, 0.29) is 42.6 Å². The predicted molar refractivity (Wildman–Crippen MR) is 118 cm³/mol. The molecular formula is C18H23Cl2FN6OS. The van der Waals surface area contributed by atoms with Gasteiger partial charge in [0.2, 0.25) is 16.0 Å². The standard InChI is InChI=1S/C18H21FN6OS.2ClH/c1-12(20)10-16(26)23-6-8-24(9-7-23)18-22-25-11-15(21-17(25)27-18)13-2-4-14(19)5-3-13;;/h2-5,11-12H,6-10,20H2,1H3;2*1H. The molecule has 3 aromatic rings. The van der Waals surface area contributed by atoms with Gasteiger partial charge < -0.3 is 15.5 Å². The summed E-state index contributed by atoms with van der Waals surface area (Å²) >= 11 is 1.51. The molecule has 3 heterocycles. The quantitative estimate of drug-likeness (QED) is 0.647. The summed E-state index contributed by atoms with van der Waals surface area (Å²) in [4.78, 5) is 21.5. The molecule has 2 aromatic heterocycles. The number of carbonyl (C=O) groups is 1. The average Bonchev–Trinajstić information content (AvgIpc) is 3.21. The molecule has 2 N–H and O–H groups in total. The Balaban J connectivity index is 0.00000150. The summed E-state index contributed by atoms with van der Waals surface area (Å²) < 4.78 is 14.8. The number of rotatable bonds is 4. The van der Waals surface area contributed by atoms with Crippen molar-refractivity contribution < 1.29 is 9.18 Å². The fourth-order valence-corrected chi connectivity index (χ4v) is 4.06. The van der Waals surface area contributed by atoms with E-state index in [9.17, 15) is 9.18 Å². The number of benzene rings is 1. The number of fused-ring (bicyclic) bond motifs is 1. The molecule has 1 aliphatic heterocycles. The number of imidazole rings is 1. The van der Waals surface area contributed by atoms with E-state index in [1.54, 1.807) is 16.6 Å². The molecule has 0 bridgehead atoms. The number of nitrogens with zero attached hydrogens (tertiary/aromatic N) is 5. The fraction of sp³-hybridized carbons (Fsp3) is 0.389. The van der Waals surface area contributed by atoms with Crippen molar-refractivity contribution in [1.29, 1.82) is 0 Å². The average molecular weight is 461 g/mol. The second-order valence-corrected chi connectivity index (χ2v) is 7.73. The third-order valence-electron chi connectivity index (χ3n) is 4.57. The minimum atomic E-state index is -0.265. The molecule has 158 valence electrons. The molecule has 1 aromatic carbocycles. The third kappa shape index (κ3) is 5.16. The lowest BCUT2D eigenvalue weighted by Gasteiger charge is -2.34. The van der Waals surface area contributed by atoms with Crippen LogP contribution < -0.4 is 10.6 Å². The molecule has 1 amide bonds. The first-order valence-corrected chi connectivity index (χ1v) is 9.72. The van der Waals surface area contributed by atoms with Crippen LogP contribution in [0.5, 0.6) is 0 Å². The van der Waals surface area contributed by atoms with Gasteiger partial charge in [-0.1, -0.05) is 11.3 Å². The van der Waals surface area contributed by atoms with Gasteiger partial charge in [-0.3, -0.25) is 4.79 Å². The zero-order valence-electron chi connectivity index (χ0n) is 15.8. The monoisotopic (exact) mass is 460 g/mol. The van der Waals surface area contributed by atoms with Gasteiger partial charge in [0.15, 0.2) is 0 Å². The molecule has 1 atom stereocenters. The van der Waals surface area contributed by atoms with Crippen molar-refractivity contribution in [2.24, 2.45) is 5.73 Å². The topological polar surface area (TPSA) is 79.8 Å². The number of aromatic nitrogens is 3. The van der Waals surface area contributed by atoms with Gasteiger partial charge in [0.05, 0.1) is 11.9 Å². The Morgan fingerprint density at radius 1 is 1.21 bits per heavy atom. The van der Waals surface area contributed by atoms with Gasteiger partial charge in [0.25, 0.3) is 0 Å². The zero-order chi connectivity index (χ0) is 19.0. The van der Waals surface area contributed by atoms with E-state index >= 15 is 0 Å². The summed E-state index contributed by atoms with van der Waals surface area (Å²) in [7, 11) is 0. The molecule has 7 nitrogen and oxygen atoms in total. The summed E-state index contributed by atoms with van der Waals surface area (Å²) in [5.41, 5.74) is 7.34. The molecule has 0 spiro atoms. The van der Waals surface area contributed by atoms with Crippen molar-refractivity contribution in [2.75, 3.05) is 31.1 Å². The molecule has 11 heteroatoms. The Bertz CT molecular complexity index is 922. The summed E-state index contributed by atoms with van der Waals surface area (Å²) in [6.45, 7) is 4.68. The van der Waals surface area contributed by atoms with Crippen LogP contribution in [-0.2, 0) is 4.79 Å². The number of anilines is 1. The van der Waals surface area contributed by atoms with E-state index in [0.717, 1.165) is 34.4 Å². The van der Waals surface area contributed by atoms with E-state index in [2.05, 4.69) is 15.0 Å². The van der Waals surface area contributed by atoms with Gasteiger partial charge in [0, 0.05) is 44.2 Å². The maximum absolute atomic E-state index is 13.1. The minimum absolute atomic E-state index is 0. The lowest BCUT2D eigenvalue weighted by molar-refractivity contribution is -0.131. The lowest BCUT2D eigenvalue weighted by atomic mass is 10.2. The van der Waals surface area contributed by atoms with Crippen molar-refractivity contribution in [2.45, 2.75) is 19.4 Å². The fourth-order valence-electron chi connectivity index (χ4n) is 3.13. The number of hydrogen-bond acceptors (Lipinski definition) is 6. The first kappa shape index (κ1) is 23.3. The Kier molecular flexibility index (Phi) is 7.81. The van der Waals surface area contributed by atoms with Crippen LogP contribution in [0.15, 0.2) is 30.5 Å². The van der Waals surface area contributed by atoms with Crippen LogP contribution in [0.4, 0.5) is 9.52 Å². The Morgan fingerprint density at radius 2 is 1.86 bits per heavy atom. The first-order valence-electron chi connectivity index (χ1n) is 8.90. The largest absolute Gasteiger partial charge is 0.343 e. The molecule has 1 aliphatic rings. The van der Waals surface area contributed by atoms with Crippen molar-refractivity contribution in [3.05, 3.63) is 36.3 Å². The second-order valence-electron chi connectivity index (χ2n) is 6.79. The number of hydrogen-bond donors (Lipinski definition) is 1. The summed E-state index contributed by atoms with van der Waals surface area (Å²) in [5, 5.41) is 5.51. The summed E-state index contributed by atoms with van der Waals surface area (Å²) in [6.07, 6.45) is 2.24. The SMILES string of the molecule is CC(N)CC(=O)N1CCN(c2nn3cc(-c4ccc(F)cc4)nc3s2)CC1.Cl.Cl.